The van der Waals surface area contributed by atoms with Crippen LogP contribution < -0.4 is 5.32 Å². The second-order valence-corrected chi connectivity index (χ2v) is 6.10. The monoisotopic (exact) mass is 353 g/mol. The molecule has 0 spiro atoms. The highest BCUT2D eigenvalue weighted by Gasteiger charge is 2.25. The van der Waals surface area contributed by atoms with Gasteiger partial charge in [-0.3, -0.25) is 9.88 Å². The molecule has 124 valence electrons. The highest BCUT2D eigenvalue weighted by Crippen LogP contribution is 2.27. The van der Waals surface area contributed by atoms with Gasteiger partial charge in [0.15, 0.2) is 0 Å². The molecule has 23 heavy (non-hydrogen) atoms. The summed E-state index contributed by atoms with van der Waals surface area (Å²) in [5, 5.41) is 14.2. The van der Waals surface area contributed by atoms with E-state index in [0.29, 0.717) is 6.54 Å². The second-order valence-electron chi connectivity index (χ2n) is 5.66. The Morgan fingerprint density at radius 3 is 2.96 bits per heavy atom. The molecule has 0 aliphatic carbocycles. The van der Waals surface area contributed by atoms with Crippen LogP contribution in [0.1, 0.15) is 23.0 Å². The number of nitrogens with one attached hydrogen (secondary N) is 1. The zero-order valence-corrected chi connectivity index (χ0v) is 14.6. The fourth-order valence-corrected chi connectivity index (χ4v) is 3.09. The molecule has 0 radical (unpaired) electrons. The van der Waals surface area contributed by atoms with Crippen LogP contribution in [-0.2, 0) is 6.54 Å². The van der Waals surface area contributed by atoms with E-state index in [1.165, 1.54) is 5.56 Å². The maximum Gasteiger partial charge on any atom is 0.138 e. The van der Waals surface area contributed by atoms with Crippen LogP contribution in [0.2, 0.25) is 5.02 Å². The lowest BCUT2D eigenvalue weighted by atomic mass is 10.0. The minimum Gasteiger partial charge on any atom is -0.506 e. The predicted octanol–water partition coefficient (Wildman–Crippen LogP) is 3.32. The second kappa shape index (κ2) is 7.97. The number of aromatic hydroxyl groups is 1. The van der Waals surface area contributed by atoms with Gasteiger partial charge in [-0.2, -0.15) is 0 Å². The first-order valence-electron chi connectivity index (χ1n) is 7.49. The van der Waals surface area contributed by atoms with E-state index < -0.39 is 0 Å². The van der Waals surface area contributed by atoms with Gasteiger partial charge in [-0.1, -0.05) is 23.7 Å². The molecule has 0 bridgehead atoms. The molecule has 1 aliphatic rings. The van der Waals surface area contributed by atoms with Crippen LogP contribution in [0.25, 0.3) is 0 Å². The van der Waals surface area contributed by atoms with Crippen molar-refractivity contribution in [2.75, 3.05) is 19.6 Å². The molecule has 1 saturated heterocycles. The number of piperazine rings is 1. The minimum atomic E-state index is 0. The van der Waals surface area contributed by atoms with Gasteiger partial charge in [-0.05, 0) is 36.8 Å². The molecule has 2 N–H and O–H groups in total. The number of pyridine rings is 1. The van der Waals surface area contributed by atoms with E-state index in [0.717, 1.165) is 36.0 Å². The van der Waals surface area contributed by atoms with Crippen molar-refractivity contribution in [1.29, 1.82) is 0 Å². The Morgan fingerprint density at radius 2 is 2.17 bits per heavy atom. The Hall–Kier alpha value is -1.33. The molecule has 2 aromatic rings. The number of halogens is 2. The maximum atomic E-state index is 10.0. The summed E-state index contributed by atoms with van der Waals surface area (Å²) in [6.45, 7) is 5.28. The number of aryl methyl sites for hydroxylation is 1. The third-order valence-corrected chi connectivity index (χ3v) is 4.27. The van der Waals surface area contributed by atoms with Crippen molar-refractivity contribution in [2.24, 2.45) is 0 Å². The Balaban J connectivity index is 0.00000192. The van der Waals surface area contributed by atoms with Crippen LogP contribution in [0.15, 0.2) is 36.4 Å². The molecule has 0 amide bonds. The number of hydrogen-bond acceptors (Lipinski definition) is 4. The molecule has 0 saturated carbocycles. The third-order valence-electron chi connectivity index (χ3n) is 4.03. The van der Waals surface area contributed by atoms with Gasteiger partial charge in [-0.25, -0.2) is 0 Å². The molecule has 3 rings (SSSR count). The summed E-state index contributed by atoms with van der Waals surface area (Å²) >= 11 is 6.13. The standard InChI is InChI=1S/C17H20ClN3O.ClH/c1-12-5-6-17(22)15(20-12)11-21-8-7-19-10-16(21)13-3-2-4-14(18)9-13;/h2-6,9,16,19,22H,7-8,10-11H2,1H3;1H. The van der Waals surface area contributed by atoms with Gasteiger partial charge in [0.2, 0.25) is 0 Å². The molecule has 1 unspecified atom stereocenters. The van der Waals surface area contributed by atoms with Crippen molar-refractivity contribution in [3.8, 4) is 5.75 Å². The van der Waals surface area contributed by atoms with Crippen LogP contribution in [0.3, 0.4) is 0 Å². The van der Waals surface area contributed by atoms with E-state index in [-0.39, 0.29) is 24.2 Å². The third kappa shape index (κ3) is 4.36. The predicted molar refractivity (Wildman–Crippen MR) is 95.4 cm³/mol. The largest absolute Gasteiger partial charge is 0.506 e. The van der Waals surface area contributed by atoms with Crippen molar-refractivity contribution >= 4 is 24.0 Å². The highest BCUT2D eigenvalue weighted by molar-refractivity contribution is 6.30. The van der Waals surface area contributed by atoms with Gasteiger partial charge in [0.25, 0.3) is 0 Å². The van der Waals surface area contributed by atoms with E-state index in [9.17, 15) is 5.11 Å². The fraction of sp³-hybridized carbons (Fsp3) is 0.353. The summed E-state index contributed by atoms with van der Waals surface area (Å²) in [5.74, 6) is 0.258. The van der Waals surface area contributed by atoms with Crippen LogP contribution in [0, 0.1) is 6.92 Å². The summed E-state index contributed by atoms with van der Waals surface area (Å²) in [4.78, 5) is 6.81. The van der Waals surface area contributed by atoms with E-state index >= 15 is 0 Å². The molecule has 1 aliphatic heterocycles. The van der Waals surface area contributed by atoms with Gasteiger partial charge in [0.1, 0.15) is 5.75 Å². The van der Waals surface area contributed by atoms with E-state index in [1.54, 1.807) is 6.07 Å². The summed E-state index contributed by atoms with van der Waals surface area (Å²) in [7, 11) is 0. The zero-order valence-electron chi connectivity index (χ0n) is 13.0. The molecule has 1 fully saturated rings. The lowest BCUT2D eigenvalue weighted by Crippen LogP contribution is -2.45. The van der Waals surface area contributed by atoms with Crippen molar-refractivity contribution in [1.82, 2.24) is 15.2 Å². The van der Waals surface area contributed by atoms with Gasteiger partial charge in [-0.15, -0.1) is 12.4 Å². The summed E-state index contributed by atoms with van der Waals surface area (Å²) < 4.78 is 0. The lowest BCUT2D eigenvalue weighted by molar-refractivity contribution is 0.150. The quantitative estimate of drug-likeness (QED) is 0.888. The van der Waals surface area contributed by atoms with Crippen LogP contribution in [0.4, 0.5) is 0 Å². The highest BCUT2D eigenvalue weighted by atomic mass is 35.5. The molecule has 2 heterocycles. The fourth-order valence-electron chi connectivity index (χ4n) is 2.89. The van der Waals surface area contributed by atoms with Gasteiger partial charge in [0.05, 0.1) is 5.69 Å². The first-order valence-corrected chi connectivity index (χ1v) is 7.87. The molecular formula is C17H21Cl2N3O. The van der Waals surface area contributed by atoms with E-state index in [4.69, 9.17) is 11.6 Å². The topological polar surface area (TPSA) is 48.4 Å². The van der Waals surface area contributed by atoms with Gasteiger partial charge >= 0.3 is 0 Å². The summed E-state index contributed by atoms with van der Waals surface area (Å²) in [6, 6.07) is 11.7. The smallest absolute Gasteiger partial charge is 0.138 e. The summed E-state index contributed by atoms with van der Waals surface area (Å²) in [6.07, 6.45) is 0. The van der Waals surface area contributed by atoms with Crippen molar-refractivity contribution in [3.63, 3.8) is 0 Å². The number of nitrogens with zero attached hydrogens (tertiary/aromatic N) is 2. The van der Waals surface area contributed by atoms with Gasteiger partial charge in [0, 0.05) is 42.9 Å². The van der Waals surface area contributed by atoms with Crippen LogP contribution in [-0.4, -0.2) is 34.6 Å². The normalized spacial score (nSPS) is 18.4. The zero-order chi connectivity index (χ0) is 15.5. The number of benzene rings is 1. The average molecular weight is 354 g/mol. The van der Waals surface area contributed by atoms with Crippen LogP contribution in [0.5, 0.6) is 5.75 Å². The maximum absolute atomic E-state index is 10.0. The molecule has 1 aromatic heterocycles. The summed E-state index contributed by atoms with van der Waals surface area (Å²) in [5.41, 5.74) is 2.84. The minimum absolute atomic E-state index is 0. The Bertz CT molecular complexity index is 666. The Kier molecular flexibility index (Phi) is 6.25. The van der Waals surface area contributed by atoms with E-state index in [2.05, 4.69) is 21.3 Å². The molecule has 4 nitrogen and oxygen atoms in total. The molecular weight excluding hydrogens is 333 g/mol. The average Bonchev–Trinajstić information content (AvgIpc) is 2.51. The number of hydrogen-bond donors (Lipinski definition) is 2. The first kappa shape index (κ1) is 18.0. The molecule has 6 heteroatoms. The first-order chi connectivity index (χ1) is 10.6. The lowest BCUT2D eigenvalue weighted by Gasteiger charge is -2.36. The number of aromatic nitrogens is 1. The van der Waals surface area contributed by atoms with Crippen molar-refractivity contribution in [3.05, 3.63) is 58.4 Å². The van der Waals surface area contributed by atoms with Crippen LogP contribution >= 0.6 is 24.0 Å². The Labute approximate surface area is 147 Å². The van der Waals surface area contributed by atoms with Crippen molar-refractivity contribution < 1.29 is 5.11 Å². The van der Waals surface area contributed by atoms with Crippen molar-refractivity contribution in [2.45, 2.75) is 19.5 Å². The Morgan fingerprint density at radius 1 is 1.35 bits per heavy atom. The molecule has 1 aromatic carbocycles. The van der Waals surface area contributed by atoms with Gasteiger partial charge < -0.3 is 10.4 Å². The SMILES string of the molecule is Cc1ccc(O)c(CN2CCNCC2c2cccc(Cl)c2)n1.Cl. The van der Waals surface area contributed by atoms with E-state index in [1.807, 2.05) is 31.2 Å². The molecule has 1 atom stereocenters. The number of rotatable bonds is 3.